The summed E-state index contributed by atoms with van der Waals surface area (Å²) in [7, 11) is 0. The smallest absolute Gasteiger partial charge is 0.158 e. The van der Waals surface area contributed by atoms with Gasteiger partial charge < -0.3 is 20.2 Å². The molecule has 0 fully saturated rings. The van der Waals surface area contributed by atoms with Crippen molar-refractivity contribution in [3.05, 3.63) is 51.3 Å². The maximum Gasteiger partial charge on any atom is 0.158 e. The molecule has 4 rings (SSSR count). The molecule has 0 aliphatic rings. The topological polar surface area (TPSA) is 110 Å². The molecule has 0 amide bonds. The predicted molar refractivity (Wildman–Crippen MR) is 106 cm³/mol. The number of fused-ring (bicyclic) bond motifs is 1. The molecule has 0 aliphatic heterocycles. The van der Waals surface area contributed by atoms with Crippen LogP contribution in [-0.2, 0) is 0 Å². The number of aromatic nitrogens is 4. The summed E-state index contributed by atoms with van der Waals surface area (Å²) in [6, 6.07) is 7.14. The Kier molecular flexibility index (Phi) is 4.25. The van der Waals surface area contributed by atoms with Crippen LogP contribution in [0.1, 0.15) is 5.56 Å². The minimum Gasteiger partial charge on any atom is -0.506 e. The molecule has 2 aromatic carbocycles. The molecular formula is C17H11Br2N5O2. The molecule has 4 aromatic rings. The fourth-order valence-electron chi connectivity index (χ4n) is 2.45. The first kappa shape index (κ1) is 16.8. The molecule has 9 heteroatoms. The van der Waals surface area contributed by atoms with Gasteiger partial charge in [0, 0.05) is 18.0 Å². The van der Waals surface area contributed by atoms with Crippen molar-refractivity contribution < 1.29 is 10.2 Å². The molecule has 4 N–H and O–H groups in total. The summed E-state index contributed by atoms with van der Waals surface area (Å²) in [5.74, 6) is 0.519. The van der Waals surface area contributed by atoms with Crippen molar-refractivity contribution in [3.8, 4) is 23.0 Å². The van der Waals surface area contributed by atoms with Crippen LogP contribution in [0.5, 0.6) is 11.5 Å². The summed E-state index contributed by atoms with van der Waals surface area (Å²) in [6.45, 7) is 0. The molecule has 0 atom stereocenters. The van der Waals surface area contributed by atoms with Gasteiger partial charge in [0.05, 0.1) is 27.5 Å². The second kappa shape index (κ2) is 6.58. The van der Waals surface area contributed by atoms with Gasteiger partial charge in [-0.05, 0) is 56.1 Å². The number of hydrogen-bond donors (Lipinski definition) is 4. The molecule has 0 saturated heterocycles. The fourth-order valence-corrected chi connectivity index (χ4v) is 3.60. The minimum absolute atomic E-state index is 0.0662. The van der Waals surface area contributed by atoms with E-state index in [1.165, 1.54) is 6.21 Å². The van der Waals surface area contributed by atoms with Crippen LogP contribution in [0.15, 0.2) is 50.7 Å². The number of aliphatic imine (C=N–C) groups is 1. The van der Waals surface area contributed by atoms with E-state index in [1.807, 2.05) is 18.2 Å². The van der Waals surface area contributed by atoms with Gasteiger partial charge in [0.1, 0.15) is 21.7 Å². The molecule has 0 aliphatic carbocycles. The van der Waals surface area contributed by atoms with Gasteiger partial charge >= 0.3 is 0 Å². The highest BCUT2D eigenvalue weighted by Gasteiger charge is 2.13. The molecular weight excluding hydrogens is 466 g/mol. The minimum atomic E-state index is -0.0869. The van der Waals surface area contributed by atoms with Crippen LogP contribution < -0.4 is 0 Å². The van der Waals surface area contributed by atoms with Gasteiger partial charge in [0.25, 0.3) is 0 Å². The highest BCUT2D eigenvalue weighted by Crippen LogP contribution is 2.40. The zero-order valence-electron chi connectivity index (χ0n) is 13.0. The fraction of sp³-hybridized carbons (Fsp3) is 0. The van der Waals surface area contributed by atoms with Crippen molar-refractivity contribution in [2.24, 2.45) is 4.99 Å². The van der Waals surface area contributed by atoms with Gasteiger partial charge in [0.15, 0.2) is 5.82 Å². The largest absolute Gasteiger partial charge is 0.506 e. The molecule has 2 heterocycles. The normalized spacial score (nSPS) is 11.6. The molecule has 0 radical (unpaired) electrons. The average Bonchev–Trinajstić information content (AvgIpc) is 3.30. The van der Waals surface area contributed by atoms with Crippen LogP contribution >= 0.6 is 31.9 Å². The monoisotopic (exact) mass is 475 g/mol. The number of hydrogen-bond acceptors (Lipinski definition) is 5. The van der Waals surface area contributed by atoms with E-state index in [0.717, 1.165) is 16.7 Å². The number of H-pyrrole nitrogens is 2. The van der Waals surface area contributed by atoms with Crippen LogP contribution in [-0.4, -0.2) is 36.4 Å². The van der Waals surface area contributed by atoms with E-state index in [4.69, 9.17) is 0 Å². The number of halogens is 2. The van der Waals surface area contributed by atoms with E-state index < -0.39 is 0 Å². The maximum atomic E-state index is 10.1. The Labute approximate surface area is 164 Å². The quantitative estimate of drug-likeness (QED) is 0.323. The number of phenolic OH excluding ortho intramolecular Hbond substituents is 2. The Balaban J connectivity index is 1.68. The van der Waals surface area contributed by atoms with Crippen molar-refractivity contribution in [1.82, 2.24) is 19.9 Å². The summed E-state index contributed by atoms with van der Waals surface area (Å²) in [5, 5.41) is 19.9. The van der Waals surface area contributed by atoms with Crippen molar-refractivity contribution >= 4 is 54.8 Å². The number of nitrogens with zero attached hydrogens (tertiary/aromatic N) is 3. The van der Waals surface area contributed by atoms with Gasteiger partial charge in [0.2, 0.25) is 0 Å². The van der Waals surface area contributed by atoms with E-state index in [1.54, 1.807) is 18.6 Å². The second-order valence-electron chi connectivity index (χ2n) is 5.46. The third-order valence-electron chi connectivity index (χ3n) is 3.76. The van der Waals surface area contributed by atoms with Crippen LogP contribution in [0.25, 0.3) is 22.6 Å². The van der Waals surface area contributed by atoms with Crippen LogP contribution in [0.2, 0.25) is 0 Å². The standard InChI is InChI=1S/C17H11Br2N5O2/c18-10-3-8(15(25)14(19)16(10)26)5-21-9-1-2-11-12(4-9)24-17(23-11)13-6-20-7-22-13/h1-7,25-26H,(H,20,22)(H,23,24)/b21-5+. The number of aromatic amines is 2. The first-order valence-electron chi connectivity index (χ1n) is 7.46. The van der Waals surface area contributed by atoms with E-state index >= 15 is 0 Å². The first-order valence-corrected chi connectivity index (χ1v) is 9.04. The van der Waals surface area contributed by atoms with Gasteiger partial charge in [-0.1, -0.05) is 0 Å². The van der Waals surface area contributed by atoms with Crippen molar-refractivity contribution in [1.29, 1.82) is 0 Å². The molecule has 26 heavy (non-hydrogen) atoms. The number of nitrogens with one attached hydrogen (secondary N) is 2. The highest BCUT2D eigenvalue weighted by atomic mass is 79.9. The number of benzene rings is 2. The Bertz CT molecular complexity index is 1140. The molecule has 0 unspecified atom stereocenters. The average molecular weight is 477 g/mol. The zero-order valence-corrected chi connectivity index (χ0v) is 16.2. The van der Waals surface area contributed by atoms with E-state index in [9.17, 15) is 10.2 Å². The zero-order chi connectivity index (χ0) is 18.3. The molecule has 130 valence electrons. The Morgan fingerprint density at radius 1 is 1.12 bits per heavy atom. The molecule has 7 nitrogen and oxygen atoms in total. The van der Waals surface area contributed by atoms with Crippen LogP contribution in [0.4, 0.5) is 5.69 Å². The lowest BCUT2D eigenvalue weighted by Gasteiger charge is -2.06. The number of imidazole rings is 2. The summed E-state index contributed by atoms with van der Waals surface area (Å²) in [5.41, 5.74) is 3.50. The van der Waals surface area contributed by atoms with E-state index in [2.05, 4.69) is 56.8 Å². The lowest BCUT2D eigenvalue weighted by atomic mass is 10.2. The number of aromatic hydroxyl groups is 2. The van der Waals surface area contributed by atoms with Gasteiger partial charge in [-0.15, -0.1) is 0 Å². The van der Waals surface area contributed by atoms with Gasteiger partial charge in [-0.3, -0.25) is 4.99 Å². The Morgan fingerprint density at radius 2 is 1.96 bits per heavy atom. The van der Waals surface area contributed by atoms with Crippen LogP contribution in [0.3, 0.4) is 0 Å². The summed E-state index contributed by atoms with van der Waals surface area (Å²) in [4.78, 5) is 19.2. The molecule has 0 spiro atoms. The third kappa shape index (κ3) is 2.99. The van der Waals surface area contributed by atoms with Crippen LogP contribution in [0, 0.1) is 0 Å². The second-order valence-corrected chi connectivity index (χ2v) is 7.11. The Hall–Kier alpha value is -2.65. The Morgan fingerprint density at radius 3 is 2.73 bits per heavy atom. The van der Waals surface area contributed by atoms with Crippen molar-refractivity contribution in [2.45, 2.75) is 0 Å². The number of phenols is 2. The van der Waals surface area contributed by atoms with E-state index in [0.29, 0.717) is 21.5 Å². The van der Waals surface area contributed by atoms with E-state index in [-0.39, 0.29) is 16.0 Å². The van der Waals surface area contributed by atoms with Crippen molar-refractivity contribution in [2.75, 3.05) is 0 Å². The summed E-state index contributed by atoms with van der Waals surface area (Å²) >= 11 is 6.38. The SMILES string of the molecule is Oc1c(Br)cc(/C=N/c2ccc3[nH]c(-c4c[nH]cn4)nc3c2)c(O)c1Br. The predicted octanol–water partition coefficient (Wildman–Crippen LogP) is 4.64. The highest BCUT2D eigenvalue weighted by molar-refractivity contribution is 9.11. The van der Waals surface area contributed by atoms with Crippen molar-refractivity contribution in [3.63, 3.8) is 0 Å². The van der Waals surface area contributed by atoms with Gasteiger partial charge in [-0.2, -0.15) is 0 Å². The lowest BCUT2D eigenvalue weighted by Crippen LogP contribution is -1.85. The third-order valence-corrected chi connectivity index (χ3v) is 5.11. The molecule has 2 aromatic heterocycles. The molecule has 0 bridgehead atoms. The van der Waals surface area contributed by atoms with Gasteiger partial charge in [-0.25, -0.2) is 9.97 Å². The lowest BCUT2D eigenvalue weighted by molar-refractivity contribution is 0.442. The first-order chi connectivity index (χ1) is 12.5. The summed E-state index contributed by atoms with van der Waals surface area (Å²) < 4.78 is 0.662. The maximum absolute atomic E-state index is 10.1. The number of rotatable bonds is 3. The molecule has 0 saturated carbocycles. The summed E-state index contributed by atoms with van der Waals surface area (Å²) in [6.07, 6.45) is 4.88.